The van der Waals surface area contributed by atoms with Crippen LogP contribution in [0.3, 0.4) is 0 Å². The number of thiophene rings is 1. The average Bonchev–Trinajstić information content (AvgIpc) is 2.69. The standard InChI is InChI=1S/C10H14BrNO2S2/c11-8-2-6-16-9(8)10(14)12-3-7-15-5-1-4-13/h2,6,13H,1,3-5,7H2,(H,12,14). The second-order valence-corrected chi connectivity index (χ2v) is 6.04. The number of amides is 1. The second-order valence-electron chi connectivity index (χ2n) is 3.04. The zero-order valence-electron chi connectivity index (χ0n) is 8.74. The van der Waals surface area contributed by atoms with Crippen molar-refractivity contribution in [2.75, 3.05) is 24.7 Å². The summed E-state index contributed by atoms with van der Waals surface area (Å²) in [5, 5.41) is 13.3. The van der Waals surface area contributed by atoms with Crippen LogP contribution < -0.4 is 5.32 Å². The van der Waals surface area contributed by atoms with Crippen LogP contribution in [0.1, 0.15) is 16.1 Å². The van der Waals surface area contributed by atoms with Crippen molar-refractivity contribution in [3.05, 3.63) is 20.8 Å². The second kappa shape index (κ2) is 8.11. The summed E-state index contributed by atoms with van der Waals surface area (Å²) >= 11 is 6.50. The number of carbonyl (C=O) groups is 1. The molecule has 6 heteroatoms. The fourth-order valence-electron chi connectivity index (χ4n) is 1.04. The minimum atomic E-state index is -0.0235. The van der Waals surface area contributed by atoms with Crippen molar-refractivity contribution in [2.24, 2.45) is 0 Å². The van der Waals surface area contributed by atoms with Gasteiger partial charge in [0.1, 0.15) is 4.88 Å². The lowest BCUT2D eigenvalue weighted by molar-refractivity contribution is 0.0959. The van der Waals surface area contributed by atoms with E-state index in [1.807, 2.05) is 11.4 Å². The maximum atomic E-state index is 11.6. The molecular formula is C10H14BrNO2S2. The number of aliphatic hydroxyl groups excluding tert-OH is 1. The number of thioether (sulfide) groups is 1. The highest BCUT2D eigenvalue weighted by Gasteiger charge is 2.09. The maximum Gasteiger partial charge on any atom is 0.262 e. The molecule has 0 spiro atoms. The van der Waals surface area contributed by atoms with Crippen LogP contribution in [0.5, 0.6) is 0 Å². The predicted molar refractivity (Wildman–Crippen MR) is 73.4 cm³/mol. The molecule has 90 valence electrons. The van der Waals surface area contributed by atoms with Crippen molar-refractivity contribution >= 4 is 44.9 Å². The van der Waals surface area contributed by atoms with E-state index in [2.05, 4.69) is 21.2 Å². The van der Waals surface area contributed by atoms with Gasteiger partial charge in [-0.05, 0) is 39.6 Å². The highest BCUT2D eigenvalue weighted by molar-refractivity contribution is 9.10. The minimum Gasteiger partial charge on any atom is -0.396 e. The molecule has 0 saturated carbocycles. The van der Waals surface area contributed by atoms with E-state index >= 15 is 0 Å². The van der Waals surface area contributed by atoms with E-state index < -0.39 is 0 Å². The van der Waals surface area contributed by atoms with Gasteiger partial charge in [-0.1, -0.05) is 0 Å². The Morgan fingerprint density at radius 2 is 2.38 bits per heavy atom. The Labute approximate surface area is 112 Å². The molecule has 0 saturated heterocycles. The molecule has 1 rings (SSSR count). The first-order valence-corrected chi connectivity index (χ1v) is 7.78. The third kappa shape index (κ3) is 4.86. The quantitative estimate of drug-likeness (QED) is 0.757. The van der Waals surface area contributed by atoms with Gasteiger partial charge in [0.2, 0.25) is 0 Å². The smallest absolute Gasteiger partial charge is 0.262 e. The topological polar surface area (TPSA) is 49.3 Å². The lowest BCUT2D eigenvalue weighted by atomic mass is 10.4. The van der Waals surface area contributed by atoms with Crippen LogP contribution in [0.2, 0.25) is 0 Å². The number of halogens is 1. The molecule has 0 fully saturated rings. The van der Waals surface area contributed by atoms with Gasteiger partial charge in [0.05, 0.1) is 0 Å². The van der Waals surface area contributed by atoms with Crippen molar-refractivity contribution in [1.29, 1.82) is 0 Å². The first-order chi connectivity index (χ1) is 7.75. The van der Waals surface area contributed by atoms with E-state index in [1.54, 1.807) is 11.8 Å². The number of rotatable bonds is 7. The first-order valence-electron chi connectivity index (χ1n) is 4.95. The zero-order chi connectivity index (χ0) is 11.8. The van der Waals surface area contributed by atoms with Crippen LogP contribution in [-0.4, -0.2) is 35.7 Å². The van der Waals surface area contributed by atoms with Crippen molar-refractivity contribution in [3.8, 4) is 0 Å². The third-order valence-corrected chi connectivity index (χ3v) is 4.71. The monoisotopic (exact) mass is 323 g/mol. The number of carbonyl (C=O) groups excluding carboxylic acids is 1. The van der Waals surface area contributed by atoms with Crippen LogP contribution in [0, 0.1) is 0 Å². The van der Waals surface area contributed by atoms with Crippen molar-refractivity contribution in [3.63, 3.8) is 0 Å². The molecule has 0 atom stereocenters. The fourth-order valence-corrected chi connectivity index (χ4v) is 3.29. The minimum absolute atomic E-state index is 0.0235. The van der Waals surface area contributed by atoms with Gasteiger partial charge < -0.3 is 10.4 Å². The van der Waals surface area contributed by atoms with Gasteiger partial charge in [0.25, 0.3) is 5.91 Å². The Kier molecular flexibility index (Phi) is 7.11. The number of hydrogen-bond donors (Lipinski definition) is 2. The van der Waals surface area contributed by atoms with Crippen LogP contribution in [0.15, 0.2) is 15.9 Å². The highest BCUT2D eigenvalue weighted by atomic mass is 79.9. The molecule has 1 aromatic heterocycles. The van der Waals surface area contributed by atoms with Crippen LogP contribution in [-0.2, 0) is 0 Å². The lowest BCUT2D eigenvalue weighted by Crippen LogP contribution is -2.25. The molecule has 1 aromatic rings. The van der Waals surface area contributed by atoms with Crippen LogP contribution in [0.4, 0.5) is 0 Å². The Morgan fingerprint density at radius 3 is 3.00 bits per heavy atom. The van der Waals surface area contributed by atoms with E-state index in [0.717, 1.165) is 27.3 Å². The van der Waals surface area contributed by atoms with Gasteiger partial charge in [0, 0.05) is 23.4 Å². The van der Waals surface area contributed by atoms with Crippen molar-refractivity contribution < 1.29 is 9.90 Å². The van der Waals surface area contributed by atoms with Crippen LogP contribution in [0.25, 0.3) is 0 Å². The lowest BCUT2D eigenvalue weighted by Gasteiger charge is -2.03. The largest absolute Gasteiger partial charge is 0.396 e. The van der Waals surface area contributed by atoms with Gasteiger partial charge in [-0.2, -0.15) is 11.8 Å². The van der Waals surface area contributed by atoms with Gasteiger partial charge >= 0.3 is 0 Å². The number of nitrogens with one attached hydrogen (secondary N) is 1. The summed E-state index contributed by atoms with van der Waals surface area (Å²) in [6.45, 7) is 0.904. The average molecular weight is 324 g/mol. The number of hydrogen-bond acceptors (Lipinski definition) is 4. The molecule has 0 aliphatic carbocycles. The van der Waals surface area contributed by atoms with E-state index in [-0.39, 0.29) is 12.5 Å². The predicted octanol–water partition coefficient (Wildman–Crippen LogP) is 2.36. The summed E-state index contributed by atoms with van der Waals surface area (Å²) in [4.78, 5) is 12.4. The summed E-state index contributed by atoms with van der Waals surface area (Å²) in [5.41, 5.74) is 0. The van der Waals surface area contributed by atoms with E-state index in [9.17, 15) is 4.79 Å². The number of aliphatic hydroxyl groups is 1. The van der Waals surface area contributed by atoms with Gasteiger partial charge in [-0.25, -0.2) is 0 Å². The van der Waals surface area contributed by atoms with E-state index in [1.165, 1.54) is 11.3 Å². The normalized spacial score (nSPS) is 10.4. The Balaban J connectivity index is 2.14. The molecule has 0 radical (unpaired) electrons. The molecule has 1 heterocycles. The van der Waals surface area contributed by atoms with Gasteiger partial charge in [-0.3, -0.25) is 4.79 Å². The Hall–Kier alpha value is -0.0400. The maximum absolute atomic E-state index is 11.6. The van der Waals surface area contributed by atoms with Crippen molar-refractivity contribution in [1.82, 2.24) is 5.32 Å². The van der Waals surface area contributed by atoms with Crippen molar-refractivity contribution in [2.45, 2.75) is 6.42 Å². The Bertz CT molecular complexity index is 330. The third-order valence-electron chi connectivity index (χ3n) is 1.80. The molecule has 0 bridgehead atoms. The van der Waals surface area contributed by atoms with Gasteiger partial charge in [0.15, 0.2) is 0 Å². The molecule has 3 nitrogen and oxygen atoms in total. The fraction of sp³-hybridized carbons (Fsp3) is 0.500. The molecule has 0 aliphatic rings. The molecule has 1 amide bonds. The Morgan fingerprint density at radius 1 is 1.56 bits per heavy atom. The highest BCUT2D eigenvalue weighted by Crippen LogP contribution is 2.22. The van der Waals surface area contributed by atoms with E-state index in [0.29, 0.717) is 6.54 Å². The van der Waals surface area contributed by atoms with Gasteiger partial charge in [-0.15, -0.1) is 11.3 Å². The molecule has 0 unspecified atom stereocenters. The summed E-state index contributed by atoms with van der Waals surface area (Å²) in [5.74, 6) is 1.80. The first kappa shape index (κ1) is 14.0. The summed E-state index contributed by atoms with van der Waals surface area (Å²) in [6.07, 6.45) is 0.815. The molecule has 16 heavy (non-hydrogen) atoms. The van der Waals surface area contributed by atoms with Crippen LogP contribution >= 0.6 is 39.0 Å². The molecule has 0 aromatic carbocycles. The van der Waals surface area contributed by atoms with E-state index in [4.69, 9.17) is 5.11 Å². The summed E-state index contributed by atoms with van der Waals surface area (Å²) < 4.78 is 0.850. The molecule has 0 aliphatic heterocycles. The zero-order valence-corrected chi connectivity index (χ0v) is 12.0. The summed E-state index contributed by atoms with van der Waals surface area (Å²) in [6, 6.07) is 1.87. The SMILES string of the molecule is O=C(NCCSCCCO)c1sccc1Br. The molecular weight excluding hydrogens is 310 g/mol. The molecule has 2 N–H and O–H groups in total. The summed E-state index contributed by atoms with van der Waals surface area (Å²) in [7, 11) is 0.